The van der Waals surface area contributed by atoms with Crippen molar-refractivity contribution in [1.29, 1.82) is 0 Å². The van der Waals surface area contributed by atoms with E-state index in [0.29, 0.717) is 19.5 Å². The number of rotatable bonds is 7. The van der Waals surface area contributed by atoms with Crippen LogP contribution in [0.3, 0.4) is 0 Å². The summed E-state index contributed by atoms with van der Waals surface area (Å²) in [6.45, 7) is 7.60. The Morgan fingerprint density at radius 1 is 1.30 bits per heavy atom. The molecule has 0 aliphatic carbocycles. The number of ether oxygens (including phenoxy) is 1. The predicted molar refractivity (Wildman–Crippen MR) is 112 cm³/mol. The number of hydrogen-bond donors (Lipinski definition) is 2. The molecule has 0 spiro atoms. The number of amides is 2. The fraction of sp³-hybridized carbons (Fsp3) is 0.684. The average molecular weight is 472 g/mol. The molecule has 2 amide bonds. The first-order chi connectivity index (χ1) is 13.3. The molecule has 2 rings (SSSR count). The van der Waals surface area contributed by atoms with E-state index < -0.39 is 12.8 Å². The summed E-state index contributed by atoms with van der Waals surface area (Å²) >= 11 is 1.08. The van der Waals surface area contributed by atoms with Crippen LogP contribution in [0.1, 0.15) is 45.0 Å². The van der Waals surface area contributed by atoms with Crippen molar-refractivity contribution >= 4 is 35.6 Å². The molecule has 1 unspecified atom stereocenters. The summed E-state index contributed by atoms with van der Waals surface area (Å²) in [5.41, 5.74) is -0.299. The Morgan fingerprint density at radius 2 is 1.97 bits per heavy atom. The summed E-state index contributed by atoms with van der Waals surface area (Å²) in [5.74, 6) is -0.417. The molecule has 0 aromatic carbocycles. The molecule has 1 saturated heterocycles. The molecular weight excluding hydrogens is 443 g/mol. The molecule has 2 heterocycles. The number of carbonyl (C=O) groups excluding carboxylic acids is 2. The highest BCUT2D eigenvalue weighted by atomic mass is 35.5. The molecule has 0 bridgehead atoms. The van der Waals surface area contributed by atoms with Gasteiger partial charge in [0.05, 0.1) is 18.5 Å². The summed E-state index contributed by atoms with van der Waals surface area (Å²) in [6.07, 6.45) is -3.73. The van der Waals surface area contributed by atoms with E-state index >= 15 is 0 Å². The molecule has 1 aliphatic heterocycles. The molecule has 2 N–H and O–H groups in total. The maximum atomic E-state index is 12.5. The summed E-state index contributed by atoms with van der Waals surface area (Å²) in [5, 5.41) is 5.97. The van der Waals surface area contributed by atoms with Gasteiger partial charge in [0.2, 0.25) is 11.8 Å². The number of hydrogen-bond acceptors (Lipinski definition) is 5. The Balaban J connectivity index is 0.00000450. The molecule has 0 saturated carbocycles. The highest BCUT2D eigenvalue weighted by molar-refractivity contribution is 7.13. The van der Waals surface area contributed by atoms with E-state index in [4.69, 9.17) is 4.74 Å². The lowest BCUT2D eigenvalue weighted by molar-refractivity contribution is -0.152. The SMILES string of the molecule is CC(NC(=O)[C@@H]1CCN(CC(=O)NC(C)(C)C)C1)c1ccc(OCC(F)(F)F)s1.Cl. The van der Waals surface area contributed by atoms with Gasteiger partial charge in [0.15, 0.2) is 11.7 Å². The number of alkyl halides is 3. The number of nitrogens with one attached hydrogen (secondary N) is 2. The third kappa shape index (κ3) is 9.09. The highest BCUT2D eigenvalue weighted by Gasteiger charge is 2.31. The van der Waals surface area contributed by atoms with Gasteiger partial charge in [0, 0.05) is 17.0 Å². The summed E-state index contributed by atoms with van der Waals surface area (Å²) in [6, 6.07) is 2.78. The summed E-state index contributed by atoms with van der Waals surface area (Å²) in [4.78, 5) is 27.2. The lowest BCUT2D eigenvalue weighted by Gasteiger charge is -2.23. The van der Waals surface area contributed by atoms with Crippen molar-refractivity contribution in [2.75, 3.05) is 26.2 Å². The van der Waals surface area contributed by atoms with Crippen molar-refractivity contribution < 1.29 is 27.5 Å². The Kier molecular flexibility index (Phi) is 9.44. The molecule has 1 aromatic rings. The van der Waals surface area contributed by atoms with Crippen LogP contribution in [0, 0.1) is 5.92 Å². The van der Waals surface area contributed by atoms with Crippen LogP contribution < -0.4 is 15.4 Å². The normalized spacial score (nSPS) is 18.4. The van der Waals surface area contributed by atoms with Gasteiger partial charge in [-0.3, -0.25) is 14.5 Å². The second kappa shape index (κ2) is 10.7. The zero-order valence-electron chi connectivity index (χ0n) is 17.5. The molecule has 2 atom stereocenters. The lowest BCUT2D eigenvalue weighted by Crippen LogP contribution is -2.45. The second-order valence-electron chi connectivity index (χ2n) is 8.31. The van der Waals surface area contributed by atoms with Gasteiger partial charge >= 0.3 is 6.18 Å². The van der Waals surface area contributed by atoms with Crippen molar-refractivity contribution in [3.8, 4) is 5.06 Å². The standard InChI is InChI=1S/C19H28F3N3O3S.ClH/c1-12(14-5-6-16(29-14)28-11-19(20,21)22)23-17(27)13-7-8-25(9-13)10-15(26)24-18(2,3)4;/h5-6,12-13H,7-11H2,1-4H3,(H,23,27)(H,24,26);1H/t12?,13-;/m1./s1. The van der Waals surface area contributed by atoms with Gasteiger partial charge in [-0.25, -0.2) is 0 Å². The number of likely N-dealkylation sites (tertiary alicyclic amines) is 1. The molecular formula is C19H29ClF3N3O3S. The van der Waals surface area contributed by atoms with Gasteiger partial charge in [0.1, 0.15) is 0 Å². The van der Waals surface area contributed by atoms with Crippen molar-refractivity contribution in [3.63, 3.8) is 0 Å². The van der Waals surface area contributed by atoms with E-state index in [2.05, 4.69) is 10.6 Å². The first-order valence-electron chi connectivity index (χ1n) is 9.45. The number of halogens is 4. The predicted octanol–water partition coefficient (Wildman–Crippen LogP) is 3.52. The molecule has 30 heavy (non-hydrogen) atoms. The molecule has 172 valence electrons. The fourth-order valence-corrected chi connectivity index (χ4v) is 3.91. The van der Waals surface area contributed by atoms with Crippen molar-refractivity contribution in [3.05, 3.63) is 17.0 Å². The Hall–Kier alpha value is -1.52. The number of nitrogens with zero attached hydrogens (tertiary/aromatic N) is 1. The van der Waals surface area contributed by atoms with E-state index in [1.54, 1.807) is 13.0 Å². The Labute approximate surface area is 184 Å². The smallest absolute Gasteiger partial charge is 0.422 e. The maximum Gasteiger partial charge on any atom is 0.422 e. The topological polar surface area (TPSA) is 70.7 Å². The van der Waals surface area contributed by atoms with Gasteiger partial charge in [-0.2, -0.15) is 13.2 Å². The largest absolute Gasteiger partial charge is 0.475 e. The molecule has 6 nitrogen and oxygen atoms in total. The zero-order valence-corrected chi connectivity index (χ0v) is 19.1. The van der Waals surface area contributed by atoms with Crippen molar-refractivity contribution in [2.45, 2.75) is 51.9 Å². The van der Waals surface area contributed by atoms with Crippen LogP contribution in [0.25, 0.3) is 0 Å². The van der Waals surface area contributed by atoms with Gasteiger partial charge in [-0.1, -0.05) is 0 Å². The minimum Gasteiger partial charge on any atom is -0.475 e. The Bertz CT molecular complexity index is 722. The number of thiophene rings is 1. The average Bonchev–Trinajstić information content (AvgIpc) is 3.19. The second-order valence-corrected chi connectivity index (χ2v) is 9.39. The molecule has 1 aromatic heterocycles. The maximum absolute atomic E-state index is 12.5. The lowest BCUT2D eigenvalue weighted by atomic mass is 10.1. The van der Waals surface area contributed by atoms with Crippen LogP contribution in [-0.4, -0.2) is 54.7 Å². The zero-order chi connectivity index (χ0) is 21.8. The van der Waals surface area contributed by atoms with Crippen LogP contribution in [0.2, 0.25) is 0 Å². The van der Waals surface area contributed by atoms with E-state index in [0.717, 1.165) is 16.2 Å². The van der Waals surface area contributed by atoms with Crippen LogP contribution in [0.4, 0.5) is 13.2 Å². The first-order valence-corrected chi connectivity index (χ1v) is 10.3. The van der Waals surface area contributed by atoms with E-state index in [1.807, 2.05) is 25.7 Å². The monoisotopic (exact) mass is 471 g/mol. The van der Waals surface area contributed by atoms with Gasteiger partial charge < -0.3 is 15.4 Å². The van der Waals surface area contributed by atoms with Gasteiger partial charge in [-0.05, 0) is 52.8 Å². The third-order valence-corrected chi connectivity index (χ3v) is 5.47. The highest BCUT2D eigenvalue weighted by Crippen LogP contribution is 2.31. The minimum atomic E-state index is -4.39. The fourth-order valence-electron chi connectivity index (χ4n) is 3.05. The van der Waals surface area contributed by atoms with Crippen molar-refractivity contribution in [2.24, 2.45) is 5.92 Å². The first kappa shape index (κ1) is 26.5. The molecule has 11 heteroatoms. The molecule has 0 radical (unpaired) electrons. The van der Waals surface area contributed by atoms with E-state index in [-0.39, 0.29) is 53.3 Å². The minimum absolute atomic E-state index is 0. The molecule has 1 aliphatic rings. The Morgan fingerprint density at radius 3 is 2.57 bits per heavy atom. The quantitative estimate of drug-likeness (QED) is 0.638. The van der Waals surface area contributed by atoms with Crippen LogP contribution in [0.15, 0.2) is 12.1 Å². The van der Waals surface area contributed by atoms with E-state index in [1.165, 1.54) is 6.07 Å². The summed E-state index contributed by atoms with van der Waals surface area (Å²) < 4.78 is 41.4. The van der Waals surface area contributed by atoms with Crippen LogP contribution in [-0.2, 0) is 9.59 Å². The van der Waals surface area contributed by atoms with Gasteiger partial charge in [-0.15, -0.1) is 23.7 Å². The summed E-state index contributed by atoms with van der Waals surface area (Å²) in [7, 11) is 0. The van der Waals surface area contributed by atoms with Crippen LogP contribution >= 0.6 is 23.7 Å². The number of carbonyl (C=O) groups is 2. The van der Waals surface area contributed by atoms with Gasteiger partial charge in [0.25, 0.3) is 0 Å². The third-order valence-electron chi connectivity index (χ3n) is 4.29. The van der Waals surface area contributed by atoms with E-state index in [9.17, 15) is 22.8 Å². The van der Waals surface area contributed by atoms with Crippen molar-refractivity contribution in [1.82, 2.24) is 15.5 Å². The van der Waals surface area contributed by atoms with Crippen LogP contribution in [0.5, 0.6) is 5.06 Å². The molecule has 1 fully saturated rings.